The first-order valence-electron chi connectivity index (χ1n) is 7.25. The maximum atomic E-state index is 6.47. The van der Waals surface area contributed by atoms with Crippen molar-refractivity contribution >= 4 is 23.1 Å². The fraction of sp³-hybridized carbons (Fsp3) is 0.438. The third-order valence-corrected chi connectivity index (χ3v) is 5.29. The van der Waals surface area contributed by atoms with Crippen LogP contribution >= 0.6 is 23.1 Å². The van der Waals surface area contributed by atoms with Crippen molar-refractivity contribution < 1.29 is 0 Å². The molecule has 1 aromatic carbocycles. The third-order valence-electron chi connectivity index (χ3n) is 4.02. The summed E-state index contributed by atoms with van der Waals surface area (Å²) in [5, 5.41) is 0.840. The monoisotopic (exact) mass is 321 g/mol. The molecule has 5 heteroatoms. The standard InChI is InChI=1S/C16H20ClN3S/c1-12-11-15(21-18-12)16(13-5-3-4-6-14(13)17)20-9-7-19(2)8-10-20/h3-6,11,16H,7-10H2,1-2H3. The normalized spacial score (nSPS) is 18.8. The molecule has 3 nitrogen and oxygen atoms in total. The zero-order valence-electron chi connectivity index (χ0n) is 12.4. The lowest BCUT2D eigenvalue weighted by Gasteiger charge is -2.38. The molecule has 0 saturated carbocycles. The van der Waals surface area contributed by atoms with Gasteiger partial charge in [-0.05, 0) is 43.2 Å². The summed E-state index contributed by atoms with van der Waals surface area (Å²) in [6, 6.07) is 10.6. The Hall–Kier alpha value is -0.940. The molecule has 1 unspecified atom stereocenters. The molecule has 0 aliphatic carbocycles. The zero-order valence-corrected chi connectivity index (χ0v) is 14.0. The van der Waals surface area contributed by atoms with E-state index in [0.717, 1.165) is 36.9 Å². The minimum absolute atomic E-state index is 0.221. The number of aryl methyl sites for hydroxylation is 1. The molecular formula is C16H20ClN3S. The van der Waals surface area contributed by atoms with Crippen molar-refractivity contribution in [1.29, 1.82) is 0 Å². The number of aromatic nitrogens is 1. The van der Waals surface area contributed by atoms with E-state index >= 15 is 0 Å². The highest BCUT2D eigenvalue weighted by Gasteiger charge is 2.28. The van der Waals surface area contributed by atoms with Gasteiger partial charge in [0.05, 0.1) is 11.7 Å². The molecule has 1 saturated heterocycles. The van der Waals surface area contributed by atoms with Gasteiger partial charge in [-0.1, -0.05) is 29.8 Å². The molecule has 1 aromatic heterocycles. The van der Waals surface area contributed by atoms with Gasteiger partial charge in [-0.25, -0.2) is 0 Å². The molecule has 0 bridgehead atoms. The molecule has 2 heterocycles. The molecule has 0 spiro atoms. The van der Waals surface area contributed by atoms with Gasteiger partial charge in [0.1, 0.15) is 0 Å². The first-order valence-corrected chi connectivity index (χ1v) is 8.40. The Balaban J connectivity index is 1.97. The average molecular weight is 322 g/mol. The first-order chi connectivity index (χ1) is 10.1. The molecule has 1 fully saturated rings. The van der Waals surface area contributed by atoms with Gasteiger partial charge in [0.2, 0.25) is 0 Å². The molecule has 1 atom stereocenters. The largest absolute Gasteiger partial charge is 0.304 e. The van der Waals surface area contributed by atoms with E-state index in [-0.39, 0.29) is 6.04 Å². The molecule has 0 radical (unpaired) electrons. The molecule has 1 aliphatic rings. The van der Waals surface area contributed by atoms with E-state index in [1.807, 2.05) is 19.1 Å². The number of likely N-dealkylation sites (N-methyl/N-ethyl adjacent to an activating group) is 1. The quantitative estimate of drug-likeness (QED) is 0.863. The number of piperazine rings is 1. The Kier molecular flexibility index (Phi) is 4.60. The highest BCUT2D eigenvalue weighted by atomic mass is 35.5. The van der Waals surface area contributed by atoms with Crippen molar-refractivity contribution in [1.82, 2.24) is 14.2 Å². The van der Waals surface area contributed by atoms with Crippen molar-refractivity contribution in [2.45, 2.75) is 13.0 Å². The van der Waals surface area contributed by atoms with E-state index in [0.29, 0.717) is 0 Å². The van der Waals surface area contributed by atoms with Crippen LogP contribution in [0.1, 0.15) is 22.2 Å². The fourth-order valence-electron chi connectivity index (χ4n) is 2.82. The summed E-state index contributed by atoms with van der Waals surface area (Å²) in [7, 11) is 2.18. The van der Waals surface area contributed by atoms with Crippen molar-refractivity contribution in [2.24, 2.45) is 0 Å². The lowest BCUT2D eigenvalue weighted by atomic mass is 10.0. The maximum Gasteiger partial charge on any atom is 0.0727 e. The van der Waals surface area contributed by atoms with E-state index in [2.05, 4.69) is 39.4 Å². The highest BCUT2D eigenvalue weighted by Crippen LogP contribution is 2.35. The van der Waals surface area contributed by atoms with Gasteiger partial charge in [-0.2, -0.15) is 4.37 Å². The summed E-state index contributed by atoms with van der Waals surface area (Å²) in [5.74, 6) is 0. The van der Waals surface area contributed by atoms with Crippen LogP contribution in [-0.4, -0.2) is 47.4 Å². The van der Waals surface area contributed by atoms with Crippen LogP contribution in [0.5, 0.6) is 0 Å². The molecular weight excluding hydrogens is 302 g/mol. The lowest BCUT2D eigenvalue weighted by molar-refractivity contribution is 0.128. The minimum atomic E-state index is 0.221. The molecule has 3 rings (SSSR count). The van der Waals surface area contributed by atoms with Crippen LogP contribution in [0.15, 0.2) is 30.3 Å². The Bertz CT molecular complexity index is 605. The highest BCUT2D eigenvalue weighted by molar-refractivity contribution is 7.05. The second kappa shape index (κ2) is 6.44. The van der Waals surface area contributed by atoms with Crippen LogP contribution in [0.2, 0.25) is 5.02 Å². The van der Waals surface area contributed by atoms with Gasteiger partial charge in [-0.15, -0.1) is 0 Å². The van der Waals surface area contributed by atoms with Crippen LogP contribution in [-0.2, 0) is 0 Å². The fourth-order valence-corrected chi connectivity index (χ4v) is 3.96. The van der Waals surface area contributed by atoms with E-state index in [1.54, 1.807) is 11.5 Å². The molecule has 21 heavy (non-hydrogen) atoms. The van der Waals surface area contributed by atoms with Gasteiger partial charge >= 0.3 is 0 Å². The van der Waals surface area contributed by atoms with Crippen LogP contribution in [0, 0.1) is 6.92 Å². The number of hydrogen-bond donors (Lipinski definition) is 0. The zero-order chi connectivity index (χ0) is 14.8. The number of hydrogen-bond acceptors (Lipinski definition) is 4. The second-order valence-corrected chi connectivity index (χ2v) is 6.88. The maximum absolute atomic E-state index is 6.47. The van der Waals surface area contributed by atoms with Crippen molar-refractivity contribution in [3.63, 3.8) is 0 Å². The Morgan fingerprint density at radius 3 is 2.52 bits per heavy atom. The molecule has 2 aromatic rings. The Morgan fingerprint density at radius 1 is 1.19 bits per heavy atom. The van der Waals surface area contributed by atoms with E-state index in [1.165, 1.54) is 10.4 Å². The third kappa shape index (κ3) is 3.29. The summed E-state index contributed by atoms with van der Waals surface area (Å²) >= 11 is 8.06. The van der Waals surface area contributed by atoms with Gasteiger partial charge < -0.3 is 4.90 Å². The van der Waals surface area contributed by atoms with Crippen molar-refractivity contribution in [3.8, 4) is 0 Å². The summed E-state index contributed by atoms with van der Waals surface area (Å²) in [6.45, 7) is 6.36. The predicted molar refractivity (Wildman–Crippen MR) is 89.2 cm³/mol. The molecule has 112 valence electrons. The minimum Gasteiger partial charge on any atom is -0.304 e. The number of benzene rings is 1. The van der Waals surface area contributed by atoms with Crippen molar-refractivity contribution in [2.75, 3.05) is 33.2 Å². The van der Waals surface area contributed by atoms with Gasteiger partial charge in [0.15, 0.2) is 0 Å². The molecule has 0 amide bonds. The predicted octanol–water partition coefficient (Wildman–Crippen LogP) is 3.44. The number of rotatable bonds is 3. The Labute approximate surface area is 135 Å². The number of nitrogens with zero attached hydrogens (tertiary/aromatic N) is 3. The average Bonchev–Trinajstić information content (AvgIpc) is 2.90. The van der Waals surface area contributed by atoms with Crippen LogP contribution < -0.4 is 0 Å². The van der Waals surface area contributed by atoms with Crippen molar-refractivity contribution in [3.05, 3.63) is 51.5 Å². The topological polar surface area (TPSA) is 19.4 Å². The van der Waals surface area contributed by atoms with Gasteiger partial charge in [0, 0.05) is 36.1 Å². The summed E-state index contributed by atoms with van der Waals surface area (Å²) in [6.07, 6.45) is 0. The van der Waals surface area contributed by atoms with E-state index in [4.69, 9.17) is 11.6 Å². The summed E-state index contributed by atoms with van der Waals surface area (Å²) in [4.78, 5) is 6.18. The van der Waals surface area contributed by atoms with Gasteiger partial charge in [0.25, 0.3) is 0 Å². The second-order valence-electron chi connectivity index (χ2n) is 5.63. The number of halogens is 1. The van der Waals surface area contributed by atoms with Crippen LogP contribution in [0.4, 0.5) is 0 Å². The molecule has 1 aliphatic heterocycles. The lowest BCUT2D eigenvalue weighted by Crippen LogP contribution is -2.46. The summed E-state index contributed by atoms with van der Waals surface area (Å²) in [5.41, 5.74) is 2.27. The summed E-state index contributed by atoms with van der Waals surface area (Å²) < 4.78 is 4.46. The smallest absolute Gasteiger partial charge is 0.0727 e. The van der Waals surface area contributed by atoms with Crippen LogP contribution in [0.25, 0.3) is 0 Å². The van der Waals surface area contributed by atoms with E-state index in [9.17, 15) is 0 Å². The molecule has 0 N–H and O–H groups in total. The van der Waals surface area contributed by atoms with Crippen LogP contribution in [0.3, 0.4) is 0 Å². The van der Waals surface area contributed by atoms with E-state index < -0.39 is 0 Å². The Morgan fingerprint density at radius 2 is 1.90 bits per heavy atom. The van der Waals surface area contributed by atoms with Gasteiger partial charge in [-0.3, -0.25) is 4.90 Å². The first kappa shape index (κ1) is 15.0. The SMILES string of the molecule is Cc1cc(C(c2ccccc2Cl)N2CCN(C)CC2)sn1.